The SMILES string of the molecule is CC#CC#CCc1cccc(Cl)c1. The van der Waals surface area contributed by atoms with E-state index in [4.69, 9.17) is 11.6 Å². The van der Waals surface area contributed by atoms with Gasteiger partial charge < -0.3 is 0 Å². The van der Waals surface area contributed by atoms with Gasteiger partial charge in [0.2, 0.25) is 0 Å². The fraction of sp³-hybridized carbons (Fsp3) is 0.167. The maximum atomic E-state index is 5.81. The second-order valence-corrected chi connectivity index (χ2v) is 2.92. The molecule has 1 rings (SSSR count). The predicted molar refractivity (Wildman–Crippen MR) is 56.4 cm³/mol. The molecule has 0 N–H and O–H groups in total. The number of benzene rings is 1. The van der Waals surface area contributed by atoms with Gasteiger partial charge in [-0.05, 0) is 36.5 Å². The van der Waals surface area contributed by atoms with Crippen LogP contribution >= 0.6 is 11.6 Å². The standard InChI is InChI=1S/C12H9Cl/c1-2-3-4-5-7-11-8-6-9-12(13)10-11/h6,8-10H,7H2,1H3. The summed E-state index contributed by atoms with van der Waals surface area (Å²) in [6.45, 7) is 1.77. The maximum Gasteiger partial charge on any atom is 0.0409 e. The van der Waals surface area contributed by atoms with Crippen LogP contribution in [0.4, 0.5) is 0 Å². The number of hydrogen-bond donors (Lipinski definition) is 0. The molecule has 0 fully saturated rings. The van der Waals surface area contributed by atoms with Crippen LogP contribution in [0.2, 0.25) is 5.02 Å². The van der Waals surface area contributed by atoms with Crippen LogP contribution in [0.25, 0.3) is 0 Å². The Labute approximate surface area is 83.9 Å². The van der Waals surface area contributed by atoms with Crippen molar-refractivity contribution >= 4 is 11.6 Å². The third-order valence-electron chi connectivity index (χ3n) is 1.46. The Morgan fingerprint density at radius 1 is 1.31 bits per heavy atom. The van der Waals surface area contributed by atoms with Gasteiger partial charge in [-0.2, -0.15) is 0 Å². The summed E-state index contributed by atoms with van der Waals surface area (Å²) >= 11 is 5.81. The Hall–Kier alpha value is -1.37. The highest BCUT2D eigenvalue weighted by Gasteiger charge is 1.89. The molecule has 0 aliphatic carbocycles. The van der Waals surface area contributed by atoms with E-state index in [0.717, 1.165) is 10.6 Å². The van der Waals surface area contributed by atoms with Crippen molar-refractivity contribution in [2.45, 2.75) is 13.3 Å². The third-order valence-corrected chi connectivity index (χ3v) is 1.69. The Bertz CT molecular complexity index is 396. The van der Waals surface area contributed by atoms with Crippen molar-refractivity contribution in [3.8, 4) is 23.7 Å². The Morgan fingerprint density at radius 2 is 2.15 bits per heavy atom. The molecule has 0 aliphatic rings. The molecule has 1 heteroatoms. The zero-order valence-corrected chi connectivity index (χ0v) is 8.15. The van der Waals surface area contributed by atoms with Crippen LogP contribution in [0.15, 0.2) is 24.3 Å². The topological polar surface area (TPSA) is 0 Å². The highest BCUT2D eigenvalue weighted by Crippen LogP contribution is 2.10. The quantitative estimate of drug-likeness (QED) is 0.595. The van der Waals surface area contributed by atoms with E-state index in [9.17, 15) is 0 Å². The predicted octanol–water partition coefficient (Wildman–Crippen LogP) is 2.91. The molecule has 0 spiro atoms. The molecule has 1 aromatic rings. The molecule has 0 unspecified atom stereocenters. The molecule has 0 saturated carbocycles. The smallest absolute Gasteiger partial charge is 0.0409 e. The monoisotopic (exact) mass is 188 g/mol. The van der Waals surface area contributed by atoms with E-state index < -0.39 is 0 Å². The summed E-state index contributed by atoms with van der Waals surface area (Å²) in [5, 5.41) is 0.751. The number of hydrogen-bond acceptors (Lipinski definition) is 0. The van der Waals surface area contributed by atoms with Gasteiger partial charge in [-0.15, -0.1) is 0 Å². The molecular formula is C12H9Cl. The van der Waals surface area contributed by atoms with Gasteiger partial charge in [-0.3, -0.25) is 0 Å². The van der Waals surface area contributed by atoms with E-state index in [-0.39, 0.29) is 0 Å². The summed E-state index contributed by atoms with van der Waals surface area (Å²) in [5.41, 5.74) is 1.12. The van der Waals surface area contributed by atoms with E-state index in [1.165, 1.54) is 0 Å². The first-order chi connectivity index (χ1) is 6.33. The first-order valence-electron chi connectivity index (χ1n) is 3.97. The van der Waals surface area contributed by atoms with Crippen molar-refractivity contribution in [3.05, 3.63) is 34.9 Å². The summed E-state index contributed by atoms with van der Waals surface area (Å²) in [5.74, 6) is 11.1. The fourth-order valence-electron chi connectivity index (χ4n) is 0.900. The van der Waals surface area contributed by atoms with Crippen molar-refractivity contribution in [2.24, 2.45) is 0 Å². The average molecular weight is 189 g/mol. The second kappa shape index (κ2) is 5.31. The summed E-state index contributed by atoms with van der Waals surface area (Å²) in [7, 11) is 0. The van der Waals surface area contributed by atoms with Gasteiger partial charge in [0.15, 0.2) is 0 Å². The van der Waals surface area contributed by atoms with Crippen molar-refractivity contribution in [1.82, 2.24) is 0 Å². The van der Waals surface area contributed by atoms with Gasteiger partial charge in [0.25, 0.3) is 0 Å². The molecule has 0 nitrogen and oxygen atoms in total. The van der Waals surface area contributed by atoms with Crippen LogP contribution in [-0.2, 0) is 6.42 Å². The first-order valence-corrected chi connectivity index (χ1v) is 4.35. The minimum atomic E-state index is 0.704. The van der Waals surface area contributed by atoms with Crippen LogP contribution in [0.5, 0.6) is 0 Å². The molecule has 0 bridgehead atoms. The Balaban J connectivity index is 2.64. The van der Waals surface area contributed by atoms with Gasteiger partial charge in [-0.25, -0.2) is 0 Å². The van der Waals surface area contributed by atoms with E-state index >= 15 is 0 Å². The van der Waals surface area contributed by atoms with Crippen LogP contribution in [0.3, 0.4) is 0 Å². The molecule has 0 aromatic heterocycles. The first kappa shape index (κ1) is 9.72. The molecule has 1 aromatic carbocycles. The minimum absolute atomic E-state index is 0.704. The fourth-order valence-corrected chi connectivity index (χ4v) is 1.11. The van der Waals surface area contributed by atoms with Crippen LogP contribution in [-0.4, -0.2) is 0 Å². The molecule has 0 aliphatic heterocycles. The third kappa shape index (κ3) is 3.70. The lowest BCUT2D eigenvalue weighted by Gasteiger charge is -1.93. The molecule has 0 saturated heterocycles. The van der Waals surface area contributed by atoms with Crippen LogP contribution in [0.1, 0.15) is 12.5 Å². The highest BCUT2D eigenvalue weighted by atomic mass is 35.5. The van der Waals surface area contributed by atoms with Gasteiger partial charge >= 0.3 is 0 Å². The van der Waals surface area contributed by atoms with Gasteiger partial charge in [0, 0.05) is 11.4 Å². The van der Waals surface area contributed by atoms with Crippen LogP contribution < -0.4 is 0 Å². The largest absolute Gasteiger partial charge is 0.0925 e. The molecular weight excluding hydrogens is 180 g/mol. The summed E-state index contributed by atoms with van der Waals surface area (Å²) in [6, 6.07) is 7.69. The van der Waals surface area contributed by atoms with E-state index in [2.05, 4.69) is 23.7 Å². The zero-order chi connectivity index (χ0) is 9.52. The highest BCUT2D eigenvalue weighted by molar-refractivity contribution is 6.30. The molecule has 0 radical (unpaired) electrons. The normalized spacial score (nSPS) is 7.85. The van der Waals surface area contributed by atoms with E-state index in [0.29, 0.717) is 6.42 Å². The number of rotatable bonds is 1. The molecule has 13 heavy (non-hydrogen) atoms. The maximum absolute atomic E-state index is 5.81. The second-order valence-electron chi connectivity index (χ2n) is 2.48. The lowest BCUT2D eigenvalue weighted by Crippen LogP contribution is -1.79. The summed E-state index contributed by atoms with van der Waals surface area (Å²) in [4.78, 5) is 0. The Morgan fingerprint density at radius 3 is 2.85 bits per heavy atom. The minimum Gasteiger partial charge on any atom is -0.0925 e. The number of halogens is 1. The molecule has 64 valence electrons. The van der Waals surface area contributed by atoms with Crippen molar-refractivity contribution in [2.75, 3.05) is 0 Å². The van der Waals surface area contributed by atoms with Crippen LogP contribution in [0, 0.1) is 23.7 Å². The lowest BCUT2D eigenvalue weighted by atomic mass is 10.2. The average Bonchev–Trinajstić information content (AvgIpc) is 2.13. The Kier molecular flexibility index (Phi) is 3.97. The molecule has 0 atom stereocenters. The molecule has 0 heterocycles. The van der Waals surface area contributed by atoms with Gasteiger partial charge in [-0.1, -0.05) is 35.6 Å². The van der Waals surface area contributed by atoms with Crippen molar-refractivity contribution < 1.29 is 0 Å². The summed E-state index contributed by atoms with van der Waals surface area (Å²) in [6.07, 6.45) is 0.704. The lowest BCUT2D eigenvalue weighted by molar-refractivity contribution is 1.32. The van der Waals surface area contributed by atoms with Crippen molar-refractivity contribution in [3.63, 3.8) is 0 Å². The van der Waals surface area contributed by atoms with Gasteiger partial charge in [0.1, 0.15) is 0 Å². The van der Waals surface area contributed by atoms with E-state index in [1.807, 2.05) is 24.3 Å². The van der Waals surface area contributed by atoms with Crippen molar-refractivity contribution in [1.29, 1.82) is 0 Å². The zero-order valence-electron chi connectivity index (χ0n) is 7.39. The molecule has 0 amide bonds. The van der Waals surface area contributed by atoms with E-state index in [1.54, 1.807) is 6.92 Å². The van der Waals surface area contributed by atoms with Gasteiger partial charge in [0.05, 0.1) is 0 Å². The summed E-state index contributed by atoms with van der Waals surface area (Å²) < 4.78 is 0.